The van der Waals surface area contributed by atoms with Gasteiger partial charge in [-0.3, -0.25) is 34.2 Å². The highest BCUT2D eigenvalue weighted by atomic mass is 16.6. The summed E-state index contributed by atoms with van der Waals surface area (Å²) in [6.07, 6.45) is 1.41. The van der Waals surface area contributed by atoms with Crippen molar-refractivity contribution in [3.05, 3.63) is 96.2 Å². The maximum absolute atomic E-state index is 13.7. The lowest BCUT2D eigenvalue weighted by Crippen LogP contribution is -2.41. The van der Waals surface area contributed by atoms with Crippen molar-refractivity contribution in [2.75, 3.05) is 10.6 Å². The molecule has 0 bridgehead atoms. The molecule has 2 aromatic carbocycles. The van der Waals surface area contributed by atoms with Crippen LogP contribution >= 0.6 is 0 Å². The summed E-state index contributed by atoms with van der Waals surface area (Å²) in [5, 5.41) is 11.7. The van der Waals surface area contributed by atoms with Crippen LogP contribution in [0.15, 0.2) is 58.1 Å². The molecule has 3 N–H and O–H groups in total. The molecule has 0 spiro atoms. The minimum atomic E-state index is -0.843. The van der Waals surface area contributed by atoms with Crippen LogP contribution in [-0.4, -0.2) is 20.4 Å². The second-order valence-corrected chi connectivity index (χ2v) is 7.60. The molecule has 3 rings (SSSR count). The molecule has 0 atom stereocenters. The molecule has 0 aliphatic rings. The fraction of sp³-hybridized carbons (Fsp3) is 0.261. The molecule has 33 heavy (non-hydrogen) atoms. The maximum Gasteiger partial charge on any atom is 0.330 e. The molecule has 172 valence electrons. The quantitative estimate of drug-likeness (QED) is 0.398. The molecule has 0 aliphatic heterocycles. The van der Waals surface area contributed by atoms with E-state index in [9.17, 15) is 24.5 Å². The summed E-state index contributed by atoms with van der Waals surface area (Å²) in [4.78, 5) is 53.3. The van der Waals surface area contributed by atoms with E-state index in [1.54, 1.807) is 30.3 Å². The summed E-state index contributed by atoms with van der Waals surface area (Å²) in [6, 6.07) is 13.2. The van der Waals surface area contributed by atoms with E-state index < -0.39 is 22.1 Å². The molecule has 1 aromatic heterocycles. The fourth-order valence-corrected chi connectivity index (χ4v) is 3.61. The first-order chi connectivity index (χ1) is 15.8. The number of carbonyl (C=O) groups excluding carboxylic acids is 1. The minimum Gasteiger partial charge on any atom is -0.383 e. The Morgan fingerprint density at radius 2 is 1.85 bits per heavy atom. The van der Waals surface area contributed by atoms with Crippen LogP contribution < -0.4 is 21.9 Å². The molecule has 3 aromatic rings. The Hall–Kier alpha value is -4.21. The lowest BCUT2D eigenvalue weighted by atomic mass is 10.1. The highest BCUT2D eigenvalue weighted by Crippen LogP contribution is 2.28. The van der Waals surface area contributed by atoms with E-state index in [0.717, 1.165) is 11.3 Å². The zero-order valence-electron chi connectivity index (χ0n) is 18.4. The van der Waals surface area contributed by atoms with Gasteiger partial charge in [-0.2, -0.15) is 0 Å². The molecule has 10 heteroatoms. The van der Waals surface area contributed by atoms with Gasteiger partial charge in [-0.25, -0.2) is 4.79 Å². The van der Waals surface area contributed by atoms with Crippen LogP contribution in [0.4, 0.5) is 17.2 Å². The third kappa shape index (κ3) is 4.84. The number of para-hydroxylation sites is 1. The molecule has 0 saturated heterocycles. The number of aryl methyl sites for hydroxylation is 1. The van der Waals surface area contributed by atoms with E-state index in [1.807, 2.05) is 6.92 Å². The van der Waals surface area contributed by atoms with Crippen LogP contribution in [-0.2, 0) is 13.1 Å². The van der Waals surface area contributed by atoms with Gasteiger partial charge in [0, 0.05) is 12.1 Å². The number of aromatic nitrogens is 2. The Labute approximate surface area is 189 Å². The van der Waals surface area contributed by atoms with E-state index in [2.05, 4.69) is 4.98 Å². The van der Waals surface area contributed by atoms with Crippen molar-refractivity contribution in [1.29, 1.82) is 0 Å². The number of nitrogens with zero attached hydrogens (tertiary/aromatic N) is 3. The Kier molecular flexibility index (Phi) is 7.07. The van der Waals surface area contributed by atoms with Gasteiger partial charge in [-0.05, 0) is 25.0 Å². The molecular formula is C23H25N5O5. The number of rotatable bonds is 8. The number of nitro benzene ring substituents is 1. The predicted molar refractivity (Wildman–Crippen MR) is 125 cm³/mol. The number of nitrogen functional groups attached to an aromatic ring is 1. The van der Waals surface area contributed by atoms with Crippen LogP contribution in [0.2, 0.25) is 0 Å². The smallest absolute Gasteiger partial charge is 0.330 e. The van der Waals surface area contributed by atoms with Crippen molar-refractivity contribution in [2.45, 2.75) is 39.8 Å². The summed E-state index contributed by atoms with van der Waals surface area (Å²) in [6.45, 7) is 3.64. The van der Waals surface area contributed by atoms with Crippen LogP contribution in [0.5, 0.6) is 0 Å². The van der Waals surface area contributed by atoms with Gasteiger partial charge in [-0.15, -0.1) is 0 Å². The Balaban J connectivity index is 2.24. The van der Waals surface area contributed by atoms with Gasteiger partial charge in [0.1, 0.15) is 11.4 Å². The van der Waals surface area contributed by atoms with Crippen LogP contribution in [0.3, 0.4) is 0 Å². The minimum absolute atomic E-state index is 0.0793. The first-order valence-electron chi connectivity index (χ1n) is 10.5. The number of aromatic amines is 1. The summed E-state index contributed by atoms with van der Waals surface area (Å²) >= 11 is 0. The number of nitro groups is 1. The second kappa shape index (κ2) is 9.94. The number of anilines is 2. The van der Waals surface area contributed by atoms with Gasteiger partial charge in [-0.1, -0.05) is 55.8 Å². The van der Waals surface area contributed by atoms with Crippen LogP contribution in [0.25, 0.3) is 0 Å². The fourth-order valence-electron chi connectivity index (χ4n) is 3.61. The van der Waals surface area contributed by atoms with Crippen LogP contribution in [0, 0.1) is 17.0 Å². The van der Waals surface area contributed by atoms with Crippen molar-refractivity contribution >= 4 is 23.1 Å². The molecule has 1 amide bonds. The van der Waals surface area contributed by atoms with E-state index in [1.165, 1.54) is 29.7 Å². The summed E-state index contributed by atoms with van der Waals surface area (Å²) in [5.74, 6) is -0.941. The molecule has 0 radical (unpaired) electrons. The van der Waals surface area contributed by atoms with Gasteiger partial charge in [0.2, 0.25) is 0 Å². The number of nitrogens with one attached hydrogen (secondary N) is 1. The molecule has 0 fully saturated rings. The molecule has 0 unspecified atom stereocenters. The maximum atomic E-state index is 13.7. The van der Waals surface area contributed by atoms with Crippen molar-refractivity contribution in [2.24, 2.45) is 0 Å². The van der Waals surface area contributed by atoms with Gasteiger partial charge in [0.05, 0.1) is 11.5 Å². The number of nitrogens with two attached hydrogens (primary N) is 1. The number of benzene rings is 2. The third-order valence-electron chi connectivity index (χ3n) is 5.30. The summed E-state index contributed by atoms with van der Waals surface area (Å²) in [7, 11) is 0. The summed E-state index contributed by atoms with van der Waals surface area (Å²) in [5.41, 5.74) is 4.94. The average Bonchev–Trinajstić information content (AvgIpc) is 2.78. The SMILES string of the molecule is CCCCn1c(N)c(N(Cc2ccccc2)C(=O)c2cccc(C)c2[N+](=O)[O-])c(=O)[nH]c1=O. The number of amides is 1. The zero-order chi connectivity index (χ0) is 24.1. The van der Waals surface area contributed by atoms with E-state index in [0.29, 0.717) is 17.5 Å². The van der Waals surface area contributed by atoms with Crippen LogP contribution in [0.1, 0.15) is 41.3 Å². The average molecular weight is 451 g/mol. The largest absolute Gasteiger partial charge is 0.383 e. The molecule has 0 saturated carbocycles. The number of carbonyl (C=O) groups is 1. The van der Waals surface area contributed by atoms with Crippen molar-refractivity contribution in [3.63, 3.8) is 0 Å². The Morgan fingerprint density at radius 3 is 2.48 bits per heavy atom. The van der Waals surface area contributed by atoms with Crippen molar-refractivity contribution in [3.8, 4) is 0 Å². The van der Waals surface area contributed by atoms with Gasteiger partial charge < -0.3 is 5.73 Å². The van der Waals surface area contributed by atoms with Crippen molar-refractivity contribution in [1.82, 2.24) is 9.55 Å². The van der Waals surface area contributed by atoms with E-state index >= 15 is 0 Å². The first-order valence-corrected chi connectivity index (χ1v) is 10.5. The Morgan fingerprint density at radius 1 is 1.15 bits per heavy atom. The number of unbranched alkanes of at least 4 members (excludes halogenated alkanes) is 1. The predicted octanol–water partition coefficient (Wildman–Crippen LogP) is 2.98. The zero-order valence-corrected chi connectivity index (χ0v) is 18.4. The van der Waals surface area contributed by atoms with Gasteiger partial charge in [0.25, 0.3) is 17.2 Å². The topological polar surface area (TPSA) is 144 Å². The van der Waals surface area contributed by atoms with E-state index in [-0.39, 0.29) is 35.8 Å². The Bertz CT molecular complexity index is 1300. The number of hydrogen-bond donors (Lipinski definition) is 2. The highest BCUT2D eigenvalue weighted by Gasteiger charge is 2.31. The molecule has 0 aliphatic carbocycles. The van der Waals surface area contributed by atoms with Gasteiger partial charge in [0.15, 0.2) is 5.69 Å². The molecule has 10 nitrogen and oxygen atoms in total. The lowest BCUT2D eigenvalue weighted by molar-refractivity contribution is -0.385. The van der Waals surface area contributed by atoms with E-state index in [4.69, 9.17) is 5.73 Å². The molecule has 1 heterocycles. The normalized spacial score (nSPS) is 10.7. The highest BCUT2D eigenvalue weighted by molar-refractivity contribution is 6.09. The van der Waals surface area contributed by atoms with Gasteiger partial charge >= 0.3 is 5.69 Å². The number of hydrogen-bond acceptors (Lipinski definition) is 6. The second-order valence-electron chi connectivity index (χ2n) is 7.60. The number of H-pyrrole nitrogens is 1. The first kappa shape index (κ1) is 23.5. The standard InChI is InChI=1S/C23H25N5O5/c1-3-4-13-26-20(24)19(21(29)25-23(26)31)27(14-16-10-6-5-7-11-16)22(30)17-12-8-9-15(2)18(17)28(32)33/h5-12H,3-4,13-14,24H2,1-2H3,(H,25,29,31). The molecular weight excluding hydrogens is 426 g/mol. The summed E-state index contributed by atoms with van der Waals surface area (Å²) < 4.78 is 1.20. The third-order valence-corrected chi connectivity index (χ3v) is 5.30. The monoisotopic (exact) mass is 451 g/mol. The lowest BCUT2D eigenvalue weighted by Gasteiger charge is -2.25. The van der Waals surface area contributed by atoms with Crippen molar-refractivity contribution < 1.29 is 9.72 Å².